The zero-order valence-electron chi connectivity index (χ0n) is 17.1. The Labute approximate surface area is 166 Å². The van der Waals surface area contributed by atoms with Crippen molar-refractivity contribution in [3.63, 3.8) is 0 Å². The summed E-state index contributed by atoms with van der Waals surface area (Å²) < 4.78 is 1.94. The van der Waals surface area contributed by atoms with E-state index in [1.165, 1.54) is 0 Å². The number of fused-ring (bicyclic) bond motifs is 1. The third-order valence-corrected chi connectivity index (χ3v) is 5.16. The van der Waals surface area contributed by atoms with E-state index < -0.39 is 0 Å². The second-order valence-corrected chi connectivity index (χ2v) is 7.66. The summed E-state index contributed by atoms with van der Waals surface area (Å²) in [4.78, 5) is 32.3. The summed E-state index contributed by atoms with van der Waals surface area (Å²) in [5, 5.41) is 2.96. The van der Waals surface area contributed by atoms with Gasteiger partial charge in [0.05, 0.1) is 5.69 Å². The number of carbonyl (C=O) groups is 2. The van der Waals surface area contributed by atoms with Crippen molar-refractivity contribution >= 4 is 17.5 Å². The summed E-state index contributed by atoms with van der Waals surface area (Å²) in [5.41, 5.74) is 2.15. The van der Waals surface area contributed by atoms with Gasteiger partial charge in [0, 0.05) is 25.3 Å². The van der Waals surface area contributed by atoms with Gasteiger partial charge in [0.25, 0.3) is 11.8 Å². The molecule has 1 aromatic carbocycles. The first-order chi connectivity index (χ1) is 13.5. The molecule has 1 aromatic heterocycles. The predicted octanol–water partition coefficient (Wildman–Crippen LogP) is 3.66. The lowest BCUT2D eigenvalue weighted by molar-refractivity contribution is 0.0936. The first-order valence-corrected chi connectivity index (χ1v) is 10.3. The molecule has 1 N–H and O–H groups in total. The van der Waals surface area contributed by atoms with Crippen molar-refractivity contribution in [2.24, 2.45) is 5.92 Å². The van der Waals surface area contributed by atoms with Crippen LogP contribution >= 0.6 is 0 Å². The minimum Gasteiger partial charge on any atom is -0.349 e. The lowest BCUT2D eigenvalue weighted by Gasteiger charge is -2.22. The highest BCUT2D eigenvalue weighted by Crippen LogP contribution is 2.24. The number of hydrogen-bond donors (Lipinski definition) is 1. The van der Waals surface area contributed by atoms with Gasteiger partial charge < -0.3 is 14.8 Å². The fourth-order valence-corrected chi connectivity index (χ4v) is 3.62. The van der Waals surface area contributed by atoms with Crippen molar-refractivity contribution < 1.29 is 9.59 Å². The molecule has 0 aliphatic carbocycles. The summed E-state index contributed by atoms with van der Waals surface area (Å²) >= 11 is 0. The molecule has 2 amide bonds. The number of amides is 2. The number of rotatable bonds is 7. The van der Waals surface area contributed by atoms with Crippen molar-refractivity contribution in [2.75, 3.05) is 18.0 Å². The highest BCUT2D eigenvalue weighted by molar-refractivity contribution is 6.06. The Kier molecular flexibility index (Phi) is 6.49. The highest BCUT2D eigenvalue weighted by Gasteiger charge is 2.29. The fourth-order valence-electron chi connectivity index (χ4n) is 3.62. The maximum Gasteiger partial charge on any atom is 0.287 e. The van der Waals surface area contributed by atoms with Gasteiger partial charge in [-0.25, -0.2) is 4.98 Å². The van der Waals surface area contributed by atoms with E-state index in [0.29, 0.717) is 30.5 Å². The summed E-state index contributed by atoms with van der Waals surface area (Å²) in [6.07, 6.45) is 3.71. The van der Waals surface area contributed by atoms with Crippen LogP contribution in [0.4, 0.5) is 5.69 Å². The number of nitrogens with zero attached hydrogens (tertiary/aromatic N) is 3. The third-order valence-electron chi connectivity index (χ3n) is 5.16. The van der Waals surface area contributed by atoms with E-state index >= 15 is 0 Å². The Morgan fingerprint density at radius 1 is 1.21 bits per heavy atom. The Morgan fingerprint density at radius 2 is 1.96 bits per heavy atom. The molecular formula is C22H30N4O2. The zero-order valence-corrected chi connectivity index (χ0v) is 17.1. The smallest absolute Gasteiger partial charge is 0.287 e. The van der Waals surface area contributed by atoms with E-state index in [-0.39, 0.29) is 11.8 Å². The Morgan fingerprint density at radius 3 is 2.64 bits per heavy atom. The van der Waals surface area contributed by atoms with Crippen LogP contribution in [0.1, 0.15) is 66.8 Å². The fraction of sp³-hybridized carbons (Fsp3) is 0.500. The van der Waals surface area contributed by atoms with Gasteiger partial charge in [0.2, 0.25) is 0 Å². The van der Waals surface area contributed by atoms with Crippen LogP contribution in [0.3, 0.4) is 0 Å². The number of anilines is 1. The van der Waals surface area contributed by atoms with Crippen molar-refractivity contribution in [2.45, 2.75) is 53.0 Å². The van der Waals surface area contributed by atoms with Crippen LogP contribution < -0.4 is 10.2 Å². The van der Waals surface area contributed by atoms with E-state index in [4.69, 9.17) is 0 Å². The molecule has 1 aliphatic heterocycles. The van der Waals surface area contributed by atoms with Crippen molar-refractivity contribution in [3.05, 3.63) is 47.5 Å². The molecular weight excluding hydrogens is 352 g/mol. The molecule has 2 aromatic rings. The van der Waals surface area contributed by atoms with Gasteiger partial charge >= 0.3 is 0 Å². The molecule has 0 radical (unpaired) electrons. The maximum atomic E-state index is 13.3. The quantitative estimate of drug-likeness (QED) is 0.795. The normalized spacial score (nSPS) is 13.3. The van der Waals surface area contributed by atoms with Gasteiger partial charge in [-0.2, -0.15) is 0 Å². The van der Waals surface area contributed by atoms with Gasteiger partial charge in [-0.3, -0.25) is 9.59 Å². The van der Waals surface area contributed by atoms with Gasteiger partial charge in [-0.1, -0.05) is 32.0 Å². The largest absolute Gasteiger partial charge is 0.349 e. The van der Waals surface area contributed by atoms with Gasteiger partial charge in [0.15, 0.2) is 11.5 Å². The number of hydrogen-bond acceptors (Lipinski definition) is 3. The highest BCUT2D eigenvalue weighted by atomic mass is 16.2. The number of para-hydroxylation sites is 1. The second-order valence-electron chi connectivity index (χ2n) is 7.66. The van der Waals surface area contributed by atoms with Gasteiger partial charge in [-0.15, -0.1) is 0 Å². The molecule has 28 heavy (non-hydrogen) atoms. The predicted molar refractivity (Wildman–Crippen MR) is 111 cm³/mol. The zero-order chi connectivity index (χ0) is 20.1. The minimum atomic E-state index is -0.189. The molecule has 0 bridgehead atoms. The van der Waals surface area contributed by atoms with Crippen LogP contribution in [0.25, 0.3) is 0 Å². The number of imidazole rings is 1. The van der Waals surface area contributed by atoms with Gasteiger partial charge in [0.1, 0.15) is 0 Å². The Bertz CT molecular complexity index is 827. The number of aromatic nitrogens is 2. The van der Waals surface area contributed by atoms with Crippen molar-refractivity contribution in [1.29, 1.82) is 0 Å². The van der Waals surface area contributed by atoms with E-state index in [0.717, 1.165) is 43.6 Å². The van der Waals surface area contributed by atoms with Crippen molar-refractivity contribution in [3.8, 4) is 0 Å². The monoisotopic (exact) mass is 382 g/mol. The lowest BCUT2D eigenvalue weighted by atomic mass is 10.1. The van der Waals surface area contributed by atoms with E-state index in [2.05, 4.69) is 24.1 Å². The molecule has 3 rings (SSSR count). The van der Waals surface area contributed by atoms with Crippen LogP contribution in [0, 0.1) is 5.92 Å². The number of benzene rings is 1. The molecule has 0 saturated carbocycles. The molecule has 0 atom stereocenters. The van der Waals surface area contributed by atoms with Crippen LogP contribution in [0.2, 0.25) is 0 Å². The molecule has 0 spiro atoms. The molecule has 1 aliphatic rings. The van der Waals surface area contributed by atoms with Crippen molar-refractivity contribution in [1.82, 2.24) is 14.9 Å². The summed E-state index contributed by atoms with van der Waals surface area (Å²) in [6.45, 7) is 8.11. The molecule has 6 heteroatoms. The molecule has 0 fully saturated rings. The van der Waals surface area contributed by atoms with Crippen LogP contribution in [0.15, 0.2) is 30.3 Å². The SMILES string of the molecule is CCN(C(=O)c1nc(C(=O)NCCC(C)C)n2c1CCCC2)c1ccccc1. The standard InChI is InChI=1S/C22H30N4O2/c1-4-25(17-10-6-5-7-11-17)22(28)19-18-12-8-9-15-26(18)20(24-19)21(27)23-14-13-16(2)3/h5-7,10-11,16H,4,8-9,12-15H2,1-3H3,(H,23,27). The Hall–Kier alpha value is -2.63. The topological polar surface area (TPSA) is 67.2 Å². The average Bonchev–Trinajstić information content (AvgIpc) is 3.09. The number of carbonyl (C=O) groups excluding carboxylic acids is 2. The molecule has 150 valence electrons. The van der Waals surface area contributed by atoms with E-state index in [9.17, 15) is 9.59 Å². The van der Waals surface area contributed by atoms with Gasteiger partial charge in [-0.05, 0) is 50.7 Å². The molecule has 0 saturated heterocycles. The lowest BCUT2D eigenvalue weighted by Crippen LogP contribution is -2.32. The number of nitrogens with one attached hydrogen (secondary N) is 1. The van der Waals surface area contributed by atoms with E-state index in [1.54, 1.807) is 4.90 Å². The molecule has 0 unspecified atom stereocenters. The molecule has 2 heterocycles. The summed E-state index contributed by atoms with van der Waals surface area (Å²) in [7, 11) is 0. The third kappa shape index (κ3) is 4.26. The average molecular weight is 383 g/mol. The maximum absolute atomic E-state index is 13.3. The van der Waals surface area contributed by atoms with Crippen LogP contribution in [-0.4, -0.2) is 34.5 Å². The first kappa shape index (κ1) is 20.1. The minimum absolute atomic E-state index is 0.138. The second kappa shape index (κ2) is 9.04. The van der Waals surface area contributed by atoms with Crippen LogP contribution in [-0.2, 0) is 13.0 Å². The molecule has 6 nitrogen and oxygen atoms in total. The Balaban J connectivity index is 1.90. The summed E-state index contributed by atoms with van der Waals surface area (Å²) in [6, 6.07) is 9.61. The van der Waals surface area contributed by atoms with Crippen LogP contribution in [0.5, 0.6) is 0 Å². The summed E-state index contributed by atoms with van der Waals surface area (Å²) in [5.74, 6) is 0.563. The first-order valence-electron chi connectivity index (χ1n) is 10.3. The van der Waals surface area contributed by atoms with E-state index in [1.807, 2.05) is 41.8 Å².